The quantitative estimate of drug-likeness (QED) is 0.171. The van der Waals surface area contributed by atoms with Crippen molar-refractivity contribution in [3.8, 4) is 0 Å². The molecule has 0 aromatic rings. The number of likely N-dealkylation sites (N-methyl/N-ethyl adjacent to an activating group) is 1. The second-order valence-electron chi connectivity index (χ2n) is 7.15. The van der Waals surface area contributed by atoms with Crippen LogP contribution in [-0.4, -0.2) is 49.1 Å². The summed E-state index contributed by atoms with van der Waals surface area (Å²) in [5, 5.41) is 0. The highest BCUT2D eigenvalue weighted by atomic mass is 35.5. The summed E-state index contributed by atoms with van der Waals surface area (Å²) in [6.07, 6.45) is 13.9. The molecule has 1 amide bonds. The van der Waals surface area contributed by atoms with Crippen LogP contribution >= 0.6 is 11.6 Å². The van der Waals surface area contributed by atoms with E-state index in [0.29, 0.717) is 18.9 Å². The predicted octanol–water partition coefficient (Wildman–Crippen LogP) is 5.93. The molecule has 0 rings (SSSR count). The van der Waals surface area contributed by atoms with E-state index in [1.165, 1.54) is 69.7 Å². The van der Waals surface area contributed by atoms with E-state index in [1.54, 1.807) is 6.92 Å². The van der Waals surface area contributed by atoms with Crippen LogP contribution in [0, 0.1) is 0 Å². The first-order valence-electron chi connectivity index (χ1n) is 10.7. The highest BCUT2D eigenvalue weighted by Gasteiger charge is 2.24. The third kappa shape index (κ3) is 14.7. The summed E-state index contributed by atoms with van der Waals surface area (Å²) < 4.78 is 10.3. The van der Waals surface area contributed by atoms with Gasteiger partial charge in [-0.1, -0.05) is 71.1 Å². The first-order chi connectivity index (χ1) is 13.0. The number of carbonyl (C=O) groups is 2. The topological polar surface area (TPSA) is 55.8 Å². The van der Waals surface area contributed by atoms with Crippen molar-refractivity contribution >= 4 is 23.7 Å². The standard InChI is InChI=1S/C21H40ClNO4/c1-4-5-6-7-8-9-10-11-12-13-14-17-26-20(24)19(2)23(3)21(25)27-18-15-16-22/h19H,4-18H2,1-3H3. The predicted molar refractivity (Wildman–Crippen MR) is 111 cm³/mol. The van der Waals surface area contributed by atoms with Crippen molar-refractivity contribution in [3.05, 3.63) is 0 Å². The molecule has 1 atom stereocenters. The molecule has 0 bridgehead atoms. The average Bonchev–Trinajstić information content (AvgIpc) is 2.67. The Morgan fingerprint density at radius 1 is 0.815 bits per heavy atom. The molecule has 0 aliphatic heterocycles. The number of alkyl halides is 1. The van der Waals surface area contributed by atoms with E-state index in [-0.39, 0.29) is 12.6 Å². The largest absolute Gasteiger partial charge is 0.464 e. The van der Waals surface area contributed by atoms with Gasteiger partial charge in [0.15, 0.2) is 0 Å². The second-order valence-corrected chi connectivity index (χ2v) is 7.52. The van der Waals surface area contributed by atoms with Gasteiger partial charge in [0.1, 0.15) is 6.04 Å². The lowest BCUT2D eigenvalue weighted by atomic mass is 10.1. The first-order valence-corrected chi connectivity index (χ1v) is 11.2. The summed E-state index contributed by atoms with van der Waals surface area (Å²) in [6, 6.07) is -0.652. The molecule has 0 fully saturated rings. The molecule has 0 saturated heterocycles. The summed E-state index contributed by atoms with van der Waals surface area (Å²) in [5.41, 5.74) is 0. The fourth-order valence-electron chi connectivity index (χ4n) is 2.69. The van der Waals surface area contributed by atoms with Crippen LogP contribution in [0.25, 0.3) is 0 Å². The summed E-state index contributed by atoms with van der Waals surface area (Å²) >= 11 is 5.54. The Morgan fingerprint density at radius 2 is 1.30 bits per heavy atom. The maximum absolute atomic E-state index is 12.0. The van der Waals surface area contributed by atoms with Gasteiger partial charge in [0.2, 0.25) is 0 Å². The average molecular weight is 406 g/mol. The number of halogens is 1. The molecule has 0 aromatic heterocycles. The molecule has 0 aromatic carbocycles. The van der Waals surface area contributed by atoms with Crippen LogP contribution in [0.4, 0.5) is 4.79 Å². The molecule has 0 saturated carbocycles. The normalized spacial score (nSPS) is 11.9. The zero-order chi connectivity index (χ0) is 20.3. The number of carbonyl (C=O) groups excluding carboxylic acids is 2. The number of unbranched alkanes of at least 4 members (excludes halogenated alkanes) is 10. The van der Waals surface area contributed by atoms with Crippen molar-refractivity contribution in [2.75, 3.05) is 26.1 Å². The minimum atomic E-state index is -0.652. The van der Waals surface area contributed by atoms with Crippen molar-refractivity contribution < 1.29 is 19.1 Å². The highest BCUT2D eigenvalue weighted by Crippen LogP contribution is 2.11. The molecule has 0 N–H and O–H groups in total. The van der Waals surface area contributed by atoms with Crippen molar-refractivity contribution in [2.45, 2.75) is 96.9 Å². The van der Waals surface area contributed by atoms with Gasteiger partial charge in [0, 0.05) is 12.9 Å². The van der Waals surface area contributed by atoms with E-state index >= 15 is 0 Å². The molecular weight excluding hydrogens is 366 g/mol. The Morgan fingerprint density at radius 3 is 1.81 bits per heavy atom. The molecular formula is C21H40ClNO4. The van der Waals surface area contributed by atoms with E-state index in [9.17, 15) is 9.59 Å². The number of hydrogen-bond acceptors (Lipinski definition) is 4. The molecule has 0 aliphatic carbocycles. The molecule has 160 valence electrons. The molecule has 27 heavy (non-hydrogen) atoms. The second kappa shape index (κ2) is 18.4. The third-order valence-electron chi connectivity index (χ3n) is 4.71. The number of esters is 1. The zero-order valence-electron chi connectivity index (χ0n) is 17.6. The van der Waals surface area contributed by atoms with E-state index in [2.05, 4.69) is 6.92 Å². The van der Waals surface area contributed by atoms with Gasteiger partial charge in [-0.2, -0.15) is 0 Å². The smallest absolute Gasteiger partial charge is 0.410 e. The third-order valence-corrected chi connectivity index (χ3v) is 4.97. The van der Waals surface area contributed by atoms with Gasteiger partial charge in [0.05, 0.1) is 13.2 Å². The van der Waals surface area contributed by atoms with Crippen LogP contribution in [-0.2, 0) is 14.3 Å². The molecule has 6 heteroatoms. The fourth-order valence-corrected chi connectivity index (χ4v) is 2.80. The van der Waals surface area contributed by atoms with E-state index in [4.69, 9.17) is 21.1 Å². The Balaban J connectivity index is 3.60. The highest BCUT2D eigenvalue weighted by molar-refractivity contribution is 6.17. The van der Waals surface area contributed by atoms with Crippen LogP contribution in [0.5, 0.6) is 0 Å². The molecule has 0 heterocycles. The number of ether oxygens (including phenoxy) is 2. The molecule has 5 nitrogen and oxygen atoms in total. The van der Waals surface area contributed by atoms with Gasteiger partial charge >= 0.3 is 12.1 Å². The van der Waals surface area contributed by atoms with Crippen molar-refractivity contribution in [3.63, 3.8) is 0 Å². The lowest BCUT2D eigenvalue weighted by Gasteiger charge is -2.22. The van der Waals surface area contributed by atoms with E-state index in [0.717, 1.165) is 12.8 Å². The molecule has 0 spiro atoms. The van der Waals surface area contributed by atoms with Crippen molar-refractivity contribution in [1.82, 2.24) is 4.90 Å². The van der Waals surface area contributed by atoms with Gasteiger partial charge in [0.25, 0.3) is 0 Å². The van der Waals surface area contributed by atoms with Gasteiger partial charge in [-0.15, -0.1) is 11.6 Å². The minimum absolute atomic E-state index is 0.257. The van der Waals surface area contributed by atoms with Crippen LogP contribution in [0.3, 0.4) is 0 Å². The minimum Gasteiger partial charge on any atom is -0.464 e. The Kier molecular flexibility index (Phi) is 17.7. The Hall–Kier alpha value is -0.970. The number of nitrogens with zero attached hydrogens (tertiary/aromatic N) is 1. The van der Waals surface area contributed by atoms with Gasteiger partial charge in [-0.05, 0) is 19.8 Å². The number of rotatable bonds is 17. The van der Waals surface area contributed by atoms with Gasteiger partial charge in [-0.25, -0.2) is 9.59 Å². The Bertz CT molecular complexity index is 379. The summed E-state index contributed by atoms with van der Waals surface area (Å²) in [4.78, 5) is 25.1. The van der Waals surface area contributed by atoms with Gasteiger partial charge < -0.3 is 9.47 Å². The lowest BCUT2D eigenvalue weighted by molar-refractivity contribution is -0.148. The van der Waals surface area contributed by atoms with E-state index in [1.807, 2.05) is 0 Å². The summed E-state index contributed by atoms with van der Waals surface area (Å²) in [6.45, 7) is 4.56. The maximum Gasteiger partial charge on any atom is 0.410 e. The van der Waals surface area contributed by atoms with Crippen molar-refractivity contribution in [2.24, 2.45) is 0 Å². The SMILES string of the molecule is CCCCCCCCCCCCCOC(=O)C(C)N(C)C(=O)OCCCCl. The van der Waals surface area contributed by atoms with Gasteiger partial charge in [-0.3, -0.25) is 4.90 Å². The monoisotopic (exact) mass is 405 g/mol. The summed E-state index contributed by atoms with van der Waals surface area (Å²) in [7, 11) is 1.54. The molecule has 0 radical (unpaired) electrons. The maximum atomic E-state index is 12.0. The van der Waals surface area contributed by atoms with Crippen LogP contribution in [0.2, 0.25) is 0 Å². The Labute approximate surface area is 171 Å². The van der Waals surface area contributed by atoms with Crippen LogP contribution in [0.1, 0.15) is 90.9 Å². The van der Waals surface area contributed by atoms with Crippen molar-refractivity contribution in [1.29, 1.82) is 0 Å². The first kappa shape index (κ1) is 26.0. The van der Waals surface area contributed by atoms with Crippen LogP contribution < -0.4 is 0 Å². The van der Waals surface area contributed by atoms with Crippen LogP contribution in [0.15, 0.2) is 0 Å². The fraction of sp³-hybridized carbons (Fsp3) is 0.905. The number of amides is 1. The molecule has 0 aliphatic rings. The van der Waals surface area contributed by atoms with E-state index < -0.39 is 12.1 Å². The zero-order valence-corrected chi connectivity index (χ0v) is 18.4. The number of hydrogen-bond donors (Lipinski definition) is 0. The lowest BCUT2D eigenvalue weighted by Crippen LogP contribution is -2.41. The summed E-state index contributed by atoms with van der Waals surface area (Å²) in [5.74, 6) is 0.0481. The molecule has 1 unspecified atom stereocenters.